The lowest BCUT2D eigenvalue weighted by molar-refractivity contribution is 0.617. The van der Waals surface area contributed by atoms with Crippen molar-refractivity contribution in [2.24, 2.45) is 0 Å². The molecule has 0 aliphatic carbocycles. The van der Waals surface area contributed by atoms with Crippen LogP contribution in [0.15, 0.2) is 51.8 Å². The van der Waals surface area contributed by atoms with Crippen LogP contribution in [0, 0.1) is 5.82 Å². The third kappa shape index (κ3) is 3.48. The van der Waals surface area contributed by atoms with E-state index in [0.717, 1.165) is 15.1 Å². The van der Waals surface area contributed by atoms with Crippen molar-refractivity contribution in [1.82, 2.24) is 0 Å². The molecule has 0 unspecified atom stereocenters. The highest BCUT2D eigenvalue weighted by molar-refractivity contribution is 9.10. The van der Waals surface area contributed by atoms with Crippen molar-refractivity contribution in [1.29, 1.82) is 0 Å². The van der Waals surface area contributed by atoms with Gasteiger partial charge in [0.05, 0.1) is 0 Å². The van der Waals surface area contributed by atoms with Gasteiger partial charge in [0.2, 0.25) is 0 Å². The van der Waals surface area contributed by atoms with E-state index in [2.05, 4.69) is 15.9 Å². The Kier molecular flexibility index (Phi) is 4.07. The predicted octanol–water partition coefficient (Wildman–Crippen LogP) is 4.46. The summed E-state index contributed by atoms with van der Waals surface area (Å²) in [7, 11) is 0. The first-order valence-electron chi connectivity index (χ1n) is 5.07. The Bertz CT molecular complexity index is 531. The van der Waals surface area contributed by atoms with E-state index in [1.54, 1.807) is 23.9 Å². The molecule has 88 valence electrons. The summed E-state index contributed by atoms with van der Waals surface area (Å²) in [6.07, 6.45) is 0. The molecule has 1 nitrogen and oxygen atoms in total. The number of nitrogens with two attached hydrogens (primary N) is 1. The van der Waals surface area contributed by atoms with E-state index in [9.17, 15) is 4.39 Å². The molecule has 0 saturated heterocycles. The van der Waals surface area contributed by atoms with Crippen molar-refractivity contribution in [3.05, 3.63) is 58.3 Å². The minimum absolute atomic E-state index is 0.176. The van der Waals surface area contributed by atoms with Gasteiger partial charge in [-0.1, -0.05) is 22.0 Å². The lowest BCUT2D eigenvalue weighted by Crippen LogP contribution is -1.88. The Morgan fingerprint density at radius 3 is 2.76 bits per heavy atom. The Morgan fingerprint density at radius 1 is 1.18 bits per heavy atom. The number of nitrogen functional groups attached to an aromatic ring is 1. The zero-order chi connectivity index (χ0) is 12.3. The van der Waals surface area contributed by atoms with Crippen molar-refractivity contribution in [3.63, 3.8) is 0 Å². The first-order chi connectivity index (χ1) is 8.15. The van der Waals surface area contributed by atoms with E-state index in [1.165, 1.54) is 6.07 Å². The van der Waals surface area contributed by atoms with E-state index in [-0.39, 0.29) is 5.82 Å². The van der Waals surface area contributed by atoms with Gasteiger partial charge in [-0.25, -0.2) is 4.39 Å². The van der Waals surface area contributed by atoms with Crippen molar-refractivity contribution in [2.75, 3.05) is 5.73 Å². The zero-order valence-corrected chi connectivity index (χ0v) is 11.4. The van der Waals surface area contributed by atoms with Crippen molar-refractivity contribution in [2.45, 2.75) is 10.6 Å². The second-order valence-corrected chi connectivity index (χ2v) is 5.56. The number of hydrogen-bond donors (Lipinski definition) is 1. The summed E-state index contributed by atoms with van der Waals surface area (Å²) in [5.41, 5.74) is 7.10. The summed E-state index contributed by atoms with van der Waals surface area (Å²) in [6, 6.07) is 12.6. The van der Waals surface area contributed by atoms with Crippen LogP contribution in [0.4, 0.5) is 10.1 Å². The van der Waals surface area contributed by atoms with Crippen LogP contribution in [0.3, 0.4) is 0 Å². The monoisotopic (exact) mass is 311 g/mol. The minimum atomic E-state index is -0.176. The molecule has 0 spiro atoms. The fourth-order valence-electron chi connectivity index (χ4n) is 1.42. The van der Waals surface area contributed by atoms with E-state index in [0.29, 0.717) is 11.3 Å². The quantitative estimate of drug-likeness (QED) is 0.669. The highest BCUT2D eigenvalue weighted by Crippen LogP contribution is 2.26. The maximum absolute atomic E-state index is 13.5. The summed E-state index contributed by atoms with van der Waals surface area (Å²) >= 11 is 4.91. The third-order valence-corrected chi connectivity index (χ3v) is 3.80. The number of anilines is 1. The molecule has 0 aliphatic heterocycles. The van der Waals surface area contributed by atoms with Crippen molar-refractivity contribution >= 4 is 33.4 Å². The van der Waals surface area contributed by atoms with Crippen LogP contribution in [0.2, 0.25) is 0 Å². The maximum atomic E-state index is 13.5. The molecule has 0 aliphatic rings. The minimum Gasteiger partial charge on any atom is -0.399 e. The zero-order valence-electron chi connectivity index (χ0n) is 8.99. The van der Waals surface area contributed by atoms with Gasteiger partial charge in [0, 0.05) is 20.8 Å². The van der Waals surface area contributed by atoms with Crippen LogP contribution in [-0.2, 0) is 5.75 Å². The molecule has 2 aromatic rings. The Morgan fingerprint density at radius 2 is 2.00 bits per heavy atom. The van der Waals surface area contributed by atoms with Gasteiger partial charge in [-0.15, -0.1) is 11.8 Å². The van der Waals surface area contributed by atoms with Gasteiger partial charge in [-0.3, -0.25) is 0 Å². The molecule has 2 N–H and O–H groups in total. The molecule has 0 bridgehead atoms. The van der Waals surface area contributed by atoms with Gasteiger partial charge in [-0.05, 0) is 42.0 Å². The SMILES string of the molecule is Nc1cccc(SCc2cc(Br)ccc2F)c1. The standard InChI is InChI=1S/C13H11BrFNS/c14-10-4-5-13(15)9(6-10)8-17-12-3-1-2-11(16)7-12/h1-7H,8,16H2. The first kappa shape index (κ1) is 12.5. The number of halogens is 2. The maximum Gasteiger partial charge on any atom is 0.127 e. The molecule has 4 heteroatoms. The fourth-order valence-corrected chi connectivity index (χ4v) is 2.77. The molecule has 0 amide bonds. The number of benzene rings is 2. The van der Waals surface area contributed by atoms with Gasteiger partial charge >= 0.3 is 0 Å². The normalized spacial score (nSPS) is 10.5. The fraction of sp³-hybridized carbons (Fsp3) is 0.0769. The average Bonchev–Trinajstić information content (AvgIpc) is 2.30. The van der Waals surface area contributed by atoms with Crippen LogP contribution in [0.5, 0.6) is 0 Å². The van der Waals surface area contributed by atoms with Crippen molar-refractivity contribution in [3.8, 4) is 0 Å². The van der Waals surface area contributed by atoms with E-state index in [1.807, 2.05) is 24.3 Å². The molecule has 0 atom stereocenters. The van der Waals surface area contributed by atoms with E-state index >= 15 is 0 Å². The van der Waals surface area contributed by atoms with Gasteiger partial charge in [0.1, 0.15) is 5.82 Å². The summed E-state index contributed by atoms with van der Waals surface area (Å²) in [5.74, 6) is 0.416. The Labute approximate surface area is 112 Å². The average molecular weight is 312 g/mol. The van der Waals surface area contributed by atoms with E-state index in [4.69, 9.17) is 5.73 Å². The number of rotatable bonds is 3. The van der Waals surface area contributed by atoms with Gasteiger partial charge < -0.3 is 5.73 Å². The third-order valence-electron chi connectivity index (χ3n) is 2.26. The van der Waals surface area contributed by atoms with Crippen LogP contribution < -0.4 is 5.73 Å². The molecule has 0 saturated carbocycles. The summed E-state index contributed by atoms with van der Waals surface area (Å²) < 4.78 is 14.4. The first-order valence-corrected chi connectivity index (χ1v) is 6.85. The van der Waals surface area contributed by atoms with Crippen molar-refractivity contribution < 1.29 is 4.39 Å². The van der Waals surface area contributed by atoms with Crippen LogP contribution >= 0.6 is 27.7 Å². The molecule has 17 heavy (non-hydrogen) atoms. The summed E-state index contributed by atoms with van der Waals surface area (Å²) in [4.78, 5) is 1.05. The molecule has 2 rings (SSSR count). The highest BCUT2D eigenvalue weighted by Gasteiger charge is 2.04. The van der Waals surface area contributed by atoms with E-state index < -0.39 is 0 Å². The topological polar surface area (TPSA) is 26.0 Å². The van der Waals surface area contributed by atoms with Crippen LogP contribution in [0.25, 0.3) is 0 Å². The lowest BCUT2D eigenvalue weighted by Gasteiger charge is -2.05. The largest absolute Gasteiger partial charge is 0.399 e. The highest BCUT2D eigenvalue weighted by atomic mass is 79.9. The van der Waals surface area contributed by atoms with Crippen LogP contribution in [-0.4, -0.2) is 0 Å². The molecular formula is C13H11BrFNS. The molecule has 2 aromatic carbocycles. The van der Waals surface area contributed by atoms with Gasteiger partial charge in [-0.2, -0.15) is 0 Å². The molecule has 0 fully saturated rings. The second kappa shape index (κ2) is 5.56. The second-order valence-electron chi connectivity index (χ2n) is 3.60. The van der Waals surface area contributed by atoms with Gasteiger partial charge in [0.25, 0.3) is 0 Å². The molecule has 0 heterocycles. The molecule has 0 aromatic heterocycles. The molecular weight excluding hydrogens is 301 g/mol. The smallest absolute Gasteiger partial charge is 0.127 e. The van der Waals surface area contributed by atoms with Gasteiger partial charge in [0.15, 0.2) is 0 Å². The lowest BCUT2D eigenvalue weighted by atomic mass is 10.2. The number of hydrogen-bond acceptors (Lipinski definition) is 2. The molecule has 0 radical (unpaired) electrons. The Hall–Kier alpha value is -1.00. The summed E-state index contributed by atoms with van der Waals surface area (Å²) in [6.45, 7) is 0. The number of thioether (sulfide) groups is 1. The Balaban J connectivity index is 2.09. The van der Waals surface area contributed by atoms with Crippen LogP contribution in [0.1, 0.15) is 5.56 Å². The predicted molar refractivity (Wildman–Crippen MR) is 74.5 cm³/mol. The summed E-state index contributed by atoms with van der Waals surface area (Å²) in [5, 5.41) is 0.